The van der Waals surface area contributed by atoms with Crippen molar-refractivity contribution in [1.29, 1.82) is 0 Å². The van der Waals surface area contributed by atoms with Crippen molar-refractivity contribution in [3.8, 4) is 0 Å². The number of likely N-dealkylation sites (tertiary alicyclic amines) is 2. The first kappa shape index (κ1) is 12.7. The molecule has 2 amide bonds. The second-order valence-corrected chi connectivity index (χ2v) is 6.14. The number of nitrogens with two attached hydrogens (primary N) is 1. The van der Waals surface area contributed by atoms with E-state index < -0.39 is 0 Å². The van der Waals surface area contributed by atoms with Gasteiger partial charge in [-0.3, -0.25) is 0 Å². The van der Waals surface area contributed by atoms with Crippen LogP contribution in [0.1, 0.15) is 33.1 Å². The van der Waals surface area contributed by atoms with E-state index in [0.29, 0.717) is 6.54 Å². The minimum absolute atomic E-state index is 0.138. The van der Waals surface area contributed by atoms with Crippen molar-refractivity contribution in [2.45, 2.75) is 33.1 Å². The molecule has 2 saturated heterocycles. The summed E-state index contributed by atoms with van der Waals surface area (Å²) in [4.78, 5) is 16.3. The van der Waals surface area contributed by atoms with Crippen LogP contribution in [0, 0.1) is 11.3 Å². The Morgan fingerprint density at radius 3 is 2.47 bits per heavy atom. The third kappa shape index (κ3) is 2.73. The Balaban J connectivity index is 1.89. The van der Waals surface area contributed by atoms with E-state index in [-0.39, 0.29) is 11.4 Å². The van der Waals surface area contributed by atoms with Crippen molar-refractivity contribution in [1.82, 2.24) is 9.80 Å². The first-order chi connectivity index (χ1) is 8.04. The van der Waals surface area contributed by atoms with Crippen LogP contribution in [0.3, 0.4) is 0 Å². The van der Waals surface area contributed by atoms with E-state index >= 15 is 0 Å². The summed E-state index contributed by atoms with van der Waals surface area (Å²) in [6, 6.07) is 0.231. The summed E-state index contributed by atoms with van der Waals surface area (Å²) in [6.07, 6.45) is 3.33. The molecule has 2 aliphatic heterocycles. The first-order valence-corrected chi connectivity index (χ1v) is 6.78. The maximum atomic E-state index is 12.3. The fraction of sp³-hybridized carbons (Fsp3) is 0.923. The van der Waals surface area contributed by atoms with Crippen LogP contribution >= 0.6 is 0 Å². The molecule has 0 saturated carbocycles. The number of carbonyl (C=O) groups is 1. The summed E-state index contributed by atoms with van der Waals surface area (Å²) < 4.78 is 0. The number of urea groups is 1. The van der Waals surface area contributed by atoms with Gasteiger partial charge in [0, 0.05) is 26.2 Å². The van der Waals surface area contributed by atoms with Crippen LogP contribution in [0.15, 0.2) is 0 Å². The molecule has 1 unspecified atom stereocenters. The van der Waals surface area contributed by atoms with Crippen molar-refractivity contribution in [3.63, 3.8) is 0 Å². The Morgan fingerprint density at radius 1 is 1.29 bits per heavy atom. The normalized spacial score (nSPS) is 31.0. The van der Waals surface area contributed by atoms with E-state index in [4.69, 9.17) is 5.73 Å². The van der Waals surface area contributed by atoms with E-state index in [2.05, 4.69) is 13.8 Å². The molecule has 0 radical (unpaired) electrons. The molecule has 0 spiro atoms. The molecule has 0 aliphatic carbocycles. The van der Waals surface area contributed by atoms with Gasteiger partial charge in [0.05, 0.1) is 0 Å². The first-order valence-electron chi connectivity index (χ1n) is 6.78. The van der Waals surface area contributed by atoms with Crippen molar-refractivity contribution in [2.24, 2.45) is 17.1 Å². The topological polar surface area (TPSA) is 49.6 Å². The van der Waals surface area contributed by atoms with Crippen LogP contribution in [0.2, 0.25) is 0 Å². The van der Waals surface area contributed by atoms with Crippen LogP contribution in [0.25, 0.3) is 0 Å². The fourth-order valence-corrected chi connectivity index (χ4v) is 2.75. The van der Waals surface area contributed by atoms with Gasteiger partial charge in [0.2, 0.25) is 0 Å². The van der Waals surface area contributed by atoms with E-state index in [1.165, 1.54) is 0 Å². The zero-order chi connectivity index (χ0) is 12.5. The van der Waals surface area contributed by atoms with E-state index in [0.717, 1.165) is 51.4 Å². The quantitative estimate of drug-likeness (QED) is 0.754. The van der Waals surface area contributed by atoms with E-state index in [1.54, 1.807) is 0 Å². The highest BCUT2D eigenvalue weighted by molar-refractivity contribution is 5.75. The second kappa shape index (κ2) is 4.84. The molecule has 2 aliphatic rings. The summed E-state index contributed by atoms with van der Waals surface area (Å²) in [5, 5.41) is 0. The molecule has 0 aromatic rings. The lowest BCUT2D eigenvalue weighted by Gasteiger charge is -2.34. The van der Waals surface area contributed by atoms with Crippen LogP contribution in [0.4, 0.5) is 4.79 Å². The van der Waals surface area contributed by atoms with Gasteiger partial charge in [-0.25, -0.2) is 4.79 Å². The highest BCUT2D eigenvalue weighted by Crippen LogP contribution is 2.29. The smallest absolute Gasteiger partial charge is 0.320 e. The summed E-state index contributed by atoms with van der Waals surface area (Å²) >= 11 is 0. The van der Waals surface area contributed by atoms with Crippen LogP contribution in [0.5, 0.6) is 0 Å². The lowest BCUT2D eigenvalue weighted by molar-refractivity contribution is 0.139. The van der Waals surface area contributed by atoms with Crippen LogP contribution in [-0.4, -0.2) is 48.6 Å². The molecule has 2 heterocycles. The number of piperidine rings is 1. The number of carbonyl (C=O) groups excluding carboxylic acids is 1. The fourth-order valence-electron chi connectivity index (χ4n) is 2.75. The molecule has 4 nitrogen and oxygen atoms in total. The second-order valence-electron chi connectivity index (χ2n) is 6.14. The SMILES string of the molecule is CC1CCN(C(=O)N2CCC(C)(CN)C2)CC1. The molecule has 1 atom stereocenters. The lowest BCUT2D eigenvalue weighted by Crippen LogP contribution is -2.46. The van der Waals surface area contributed by atoms with Crippen LogP contribution in [-0.2, 0) is 0 Å². The largest absolute Gasteiger partial charge is 0.330 e. The summed E-state index contributed by atoms with van der Waals surface area (Å²) in [5.74, 6) is 0.770. The number of hydrogen-bond donors (Lipinski definition) is 1. The van der Waals surface area contributed by atoms with Gasteiger partial charge < -0.3 is 15.5 Å². The average Bonchev–Trinajstić information content (AvgIpc) is 2.73. The molecular formula is C13H25N3O. The number of nitrogens with zero attached hydrogens (tertiary/aromatic N) is 2. The minimum Gasteiger partial charge on any atom is -0.330 e. The molecule has 0 aromatic heterocycles. The number of hydrogen-bond acceptors (Lipinski definition) is 2. The maximum Gasteiger partial charge on any atom is 0.320 e. The number of amides is 2. The highest BCUT2D eigenvalue weighted by atomic mass is 16.2. The Labute approximate surface area is 104 Å². The highest BCUT2D eigenvalue weighted by Gasteiger charge is 2.36. The van der Waals surface area contributed by atoms with Crippen molar-refractivity contribution in [3.05, 3.63) is 0 Å². The molecule has 4 heteroatoms. The van der Waals surface area contributed by atoms with Gasteiger partial charge in [-0.1, -0.05) is 13.8 Å². The van der Waals surface area contributed by atoms with Gasteiger partial charge in [0.1, 0.15) is 0 Å². The molecule has 0 aromatic carbocycles. The predicted octanol–water partition coefficient (Wildman–Crippen LogP) is 1.51. The van der Waals surface area contributed by atoms with Crippen molar-refractivity contribution >= 4 is 6.03 Å². The predicted molar refractivity (Wildman–Crippen MR) is 68.7 cm³/mol. The zero-order valence-electron chi connectivity index (χ0n) is 11.1. The maximum absolute atomic E-state index is 12.3. The third-order valence-electron chi connectivity index (χ3n) is 4.38. The van der Waals surface area contributed by atoms with Crippen molar-refractivity contribution in [2.75, 3.05) is 32.7 Å². The Kier molecular flexibility index (Phi) is 3.61. The Hall–Kier alpha value is -0.770. The Bertz CT molecular complexity index is 286. The molecule has 2 N–H and O–H groups in total. The van der Waals surface area contributed by atoms with E-state index in [9.17, 15) is 4.79 Å². The van der Waals surface area contributed by atoms with E-state index in [1.807, 2.05) is 9.80 Å². The van der Waals surface area contributed by atoms with Gasteiger partial charge >= 0.3 is 6.03 Å². The molecule has 2 fully saturated rings. The molecule has 17 heavy (non-hydrogen) atoms. The summed E-state index contributed by atoms with van der Waals surface area (Å²) in [6.45, 7) is 8.67. The van der Waals surface area contributed by atoms with Crippen molar-refractivity contribution < 1.29 is 4.79 Å². The van der Waals surface area contributed by atoms with Crippen LogP contribution < -0.4 is 5.73 Å². The summed E-state index contributed by atoms with van der Waals surface area (Å²) in [7, 11) is 0. The van der Waals surface area contributed by atoms with Gasteiger partial charge in [-0.15, -0.1) is 0 Å². The van der Waals surface area contributed by atoms with Gasteiger partial charge in [-0.05, 0) is 37.1 Å². The Morgan fingerprint density at radius 2 is 1.94 bits per heavy atom. The van der Waals surface area contributed by atoms with Gasteiger partial charge in [0.25, 0.3) is 0 Å². The van der Waals surface area contributed by atoms with Gasteiger partial charge in [-0.2, -0.15) is 0 Å². The molecular weight excluding hydrogens is 214 g/mol. The standard InChI is InChI=1S/C13H25N3O/c1-11-3-6-15(7-4-11)12(17)16-8-5-13(2,9-14)10-16/h11H,3-10,14H2,1-2H3. The number of rotatable bonds is 1. The lowest BCUT2D eigenvalue weighted by atomic mass is 9.90. The molecule has 98 valence electrons. The monoisotopic (exact) mass is 239 g/mol. The molecule has 2 rings (SSSR count). The van der Waals surface area contributed by atoms with Gasteiger partial charge in [0.15, 0.2) is 0 Å². The molecule has 0 bridgehead atoms. The minimum atomic E-state index is 0.138. The third-order valence-corrected chi connectivity index (χ3v) is 4.38. The summed E-state index contributed by atoms with van der Waals surface area (Å²) in [5.41, 5.74) is 5.91. The average molecular weight is 239 g/mol. The zero-order valence-corrected chi connectivity index (χ0v) is 11.1.